The molecule has 3 aliphatic heterocycles. The minimum atomic E-state index is -0.407. The van der Waals surface area contributed by atoms with Crippen LogP contribution in [0.2, 0.25) is 10.0 Å². The van der Waals surface area contributed by atoms with E-state index < -0.39 is 6.03 Å². The van der Waals surface area contributed by atoms with Crippen LogP contribution >= 0.6 is 35.0 Å². The maximum absolute atomic E-state index is 12.1. The SMILES string of the molecule is NC(=O)N1CCc2c(c(-c3ccc(Cl)c(C#Cc4ccc(Cl)c(CN5CCOCC5)c4)c3)nn2CCCN2CCSCC2)C1. The van der Waals surface area contributed by atoms with Crippen LogP contribution in [0.3, 0.4) is 0 Å². The number of ether oxygens (including phenoxy) is 1. The summed E-state index contributed by atoms with van der Waals surface area (Å²) in [7, 11) is 0. The first kappa shape index (κ1) is 31.3. The predicted molar refractivity (Wildman–Crippen MR) is 178 cm³/mol. The molecule has 232 valence electrons. The van der Waals surface area contributed by atoms with Crippen molar-refractivity contribution >= 4 is 41.0 Å². The molecular formula is C33H38Cl2N6O2S. The average Bonchev–Trinajstić information content (AvgIpc) is 3.41. The fraction of sp³-hybridized carbons (Fsp3) is 0.455. The summed E-state index contributed by atoms with van der Waals surface area (Å²) >= 11 is 15.2. The number of urea groups is 1. The third-order valence-electron chi connectivity index (χ3n) is 8.52. The van der Waals surface area contributed by atoms with Crippen LogP contribution < -0.4 is 5.73 Å². The number of carbonyl (C=O) groups excluding carboxylic acids is 1. The Balaban J connectivity index is 1.25. The minimum Gasteiger partial charge on any atom is -0.379 e. The molecule has 0 atom stereocenters. The molecule has 0 unspecified atom stereocenters. The summed E-state index contributed by atoms with van der Waals surface area (Å²) in [4.78, 5) is 18.7. The second-order valence-corrected chi connectivity index (χ2v) is 13.5. The van der Waals surface area contributed by atoms with Crippen molar-refractivity contribution < 1.29 is 9.53 Å². The Hall–Kier alpha value is -2.71. The van der Waals surface area contributed by atoms with Gasteiger partial charge in [-0.1, -0.05) is 41.1 Å². The highest BCUT2D eigenvalue weighted by atomic mass is 35.5. The summed E-state index contributed by atoms with van der Waals surface area (Å²) in [6.45, 7) is 9.29. The summed E-state index contributed by atoms with van der Waals surface area (Å²) in [5.41, 5.74) is 12.4. The summed E-state index contributed by atoms with van der Waals surface area (Å²) in [5, 5.41) is 6.42. The second kappa shape index (κ2) is 14.6. The van der Waals surface area contributed by atoms with Gasteiger partial charge in [-0.05, 0) is 48.9 Å². The van der Waals surface area contributed by atoms with Crippen molar-refractivity contribution in [3.05, 3.63) is 74.4 Å². The van der Waals surface area contributed by atoms with Gasteiger partial charge in [0, 0.05) is 96.7 Å². The van der Waals surface area contributed by atoms with Gasteiger partial charge in [-0.15, -0.1) is 0 Å². The molecule has 3 aromatic rings. The van der Waals surface area contributed by atoms with Gasteiger partial charge in [-0.3, -0.25) is 9.58 Å². The monoisotopic (exact) mass is 652 g/mol. The third kappa shape index (κ3) is 7.56. The molecule has 0 bridgehead atoms. The molecule has 2 amide bonds. The molecular weight excluding hydrogens is 615 g/mol. The zero-order valence-electron chi connectivity index (χ0n) is 24.9. The van der Waals surface area contributed by atoms with E-state index in [0.29, 0.717) is 18.1 Å². The molecule has 11 heteroatoms. The molecule has 0 spiro atoms. The van der Waals surface area contributed by atoms with Gasteiger partial charge in [0.2, 0.25) is 0 Å². The number of thioether (sulfide) groups is 1. The standard InChI is InChI=1S/C33H38Cl2N6O2S/c34-29-7-5-26(21-25(29)4-2-24-3-6-30(35)27(20-24)22-39-12-16-43-17-13-39)32-28-23-40(33(36)42)11-8-31(28)41(37-32)10-1-9-38-14-18-44-19-15-38/h3,5-7,20-21H,1,8-19,22-23H2,(H2,36,42). The number of benzene rings is 2. The minimum absolute atomic E-state index is 0.407. The van der Waals surface area contributed by atoms with Crippen molar-refractivity contribution in [1.29, 1.82) is 0 Å². The number of halogens is 2. The van der Waals surface area contributed by atoms with Crippen LogP contribution in [0.4, 0.5) is 4.79 Å². The van der Waals surface area contributed by atoms with Crippen molar-refractivity contribution in [3.8, 4) is 23.1 Å². The van der Waals surface area contributed by atoms with Crippen molar-refractivity contribution in [2.75, 3.05) is 64.0 Å². The van der Waals surface area contributed by atoms with E-state index in [0.717, 1.165) is 110 Å². The summed E-state index contributed by atoms with van der Waals surface area (Å²) in [6, 6.07) is 11.4. The highest BCUT2D eigenvalue weighted by Gasteiger charge is 2.27. The van der Waals surface area contributed by atoms with Crippen LogP contribution in [0, 0.1) is 11.8 Å². The van der Waals surface area contributed by atoms with Gasteiger partial charge in [0.1, 0.15) is 0 Å². The van der Waals surface area contributed by atoms with Gasteiger partial charge in [-0.2, -0.15) is 16.9 Å². The van der Waals surface area contributed by atoms with E-state index in [1.807, 2.05) is 42.1 Å². The van der Waals surface area contributed by atoms with E-state index in [2.05, 4.69) is 32.4 Å². The molecule has 4 heterocycles. The molecule has 2 saturated heterocycles. The van der Waals surface area contributed by atoms with Gasteiger partial charge in [0.15, 0.2) is 0 Å². The number of morpholine rings is 1. The first-order valence-electron chi connectivity index (χ1n) is 15.3. The molecule has 2 aromatic carbocycles. The maximum Gasteiger partial charge on any atom is 0.315 e. The Morgan fingerprint density at radius 3 is 2.55 bits per heavy atom. The Morgan fingerprint density at radius 2 is 1.75 bits per heavy atom. The molecule has 8 nitrogen and oxygen atoms in total. The molecule has 6 rings (SSSR count). The third-order valence-corrected chi connectivity index (χ3v) is 10.2. The summed E-state index contributed by atoms with van der Waals surface area (Å²) < 4.78 is 7.62. The largest absolute Gasteiger partial charge is 0.379 e. The number of aryl methyl sites for hydroxylation is 1. The number of aromatic nitrogens is 2. The van der Waals surface area contributed by atoms with Gasteiger partial charge in [-0.25, -0.2) is 4.79 Å². The molecule has 2 N–H and O–H groups in total. The molecule has 0 saturated carbocycles. The van der Waals surface area contributed by atoms with Crippen LogP contribution in [-0.4, -0.2) is 94.5 Å². The lowest BCUT2D eigenvalue weighted by atomic mass is 9.99. The van der Waals surface area contributed by atoms with E-state index in [1.54, 1.807) is 4.90 Å². The predicted octanol–water partition coefficient (Wildman–Crippen LogP) is 4.96. The average molecular weight is 654 g/mol. The number of hydrogen-bond acceptors (Lipinski definition) is 6. The molecule has 2 fully saturated rings. The van der Waals surface area contributed by atoms with Gasteiger partial charge in [0.25, 0.3) is 0 Å². The van der Waals surface area contributed by atoms with E-state index in [-0.39, 0.29) is 0 Å². The van der Waals surface area contributed by atoms with E-state index in [1.165, 1.54) is 17.2 Å². The number of hydrogen-bond donors (Lipinski definition) is 1. The molecule has 3 aliphatic rings. The molecule has 44 heavy (non-hydrogen) atoms. The van der Waals surface area contributed by atoms with Crippen LogP contribution in [0.25, 0.3) is 11.3 Å². The second-order valence-electron chi connectivity index (χ2n) is 11.5. The maximum atomic E-state index is 12.1. The Kier molecular flexibility index (Phi) is 10.4. The van der Waals surface area contributed by atoms with Crippen molar-refractivity contribution in [3.63, 3.8) is 0 Å². The smallest absolute Gasteiger partial charge is 0.315 e. The van der Waals surface area contributed by atoms with Gasteiger partial charge in [0.05, 0.1) is 30.5 Å². The Morgan fingerprint density at radius 1 is 0.955 bits per heavy atom. The Labute approximate surface area is 273 Å². The zero-order valence-corrected chi connectivity index (χ0v) is 27.2. The highest BCUT2D eigenvalue weighted by Crippen LogP contribution is 2.32. The van der Waals surface area contributed by atoms with E-state index >= 15 is 0 Å². The van der Waals surface area contributed by atoms with Gasteiger partial charge >= 0.3 is 6.03 Å². The number of nitrogens with two attached hydrogens (primary N) is 1. The molecule has 0 radical (unpaired) electrons. The summed E-state index contributed by atoms with van der Waals surface area (Å²) in [5.74, 6) is 9.00. The number of nitrogens with zero attached hydrogens (tertiary/aromatic N) is 5. The van der Waals surface area contributed by atoms with Crippen LogP contribution in [-0.2, 0) is 30.8 Å². The molecule has 0 aliphatic carbocycles. The van der Waals surface area contributed by atoms with Crippen LogP contribution in [0.5, 0.6) is 0 Å². The quantitative estimate of drug-likeness (QED) is 0.363. The zero-order chi connectivity index (χ0) is 30.5. The van der Waals surface area contributed by atoms with Crippen molar-refractivity contribution in [2.24, 2.45) is 5.73 Å². The lowest BCUT2D eigenvalue weighted by Gasteiger charge is -2.27. The van der Waals surface area contributed by atoms with E-state index in [9.17, 15) is 4.79 Å². The fourth-order valence-corrected chi connectivity index (χ4v) is 7.37. The van der Waals surface area contributed by atoms with Crippen LogP contribution in [0.15, 0.2) is 36.4 Å². The number of rotatable bonds is 7. The van der Waals surface area contributed by atoms with Crippen molar-refractivity contribution in [1.82, 2.24) is 24.5 Å². The van der Waals surface area contributed by atoms with Crippen LogP contribution in [0.1, 0.15) is 34.4 Å². The van der Waals surface area contributed by atoms with E-state index in [4.69, 9.17) is 38.8 Å². The first-order chi connectivity index (χ1) is 21.4. The number of carbonyl (C=O) groups is 1. The lowest BCUT2D eigenvalue weighted by Crippen LogP contribution is -2.39. The molecule has 1 aromatic heterocycles. The van der Waals surface area contributed by atoms with Crippen molar-refractivity contribution in [2.45, 2.75) is 32.5 Å². The highest BCUT2D eigenvalue weighted by molar-refractivity contribution is 7.99. The number of primary amides is 1. The normalized spacial score (nSPS) is 17.6. The first-order valence-corrected chi connectivity index (χ1v) is 17.2. The fourth-order valence-electron chi connectivity index (χ4n) is 6.05. The summed E-state index contributed by atoms with van der Waals surface area (Å²) in [6.07, 6.45) is 1.76. The Bertz CT molecular complexity index is 1560. The number of fused-ring (bicyclic) bond motifs is 1. The van der Waals surface area contributed by atoms with Gasteiger partial charge < -0.3 is 20.3 Å². The lowest BCUT2D eigenvalue weighted by molar-refractivity contribution is 0.0342. The topological polar surface area (TPSA) is 79.9 Å². The number of amides is 2.